The summed E-state index contributed by atoms with van der Waals surface area (Å²) in [4.78, 5) is 15.3. The zero-order chi connectivity index (χ0) is 28.5. The van der Waals surface area contributed by atoms with Crippen LogP contribution in [0.15, 0.2) is 54.6 Å². The van der Waals surface area contributed by atoms with E-state index in [9.17, 15) is 9.90 Å². The molecular formula is C31H36BFNO4Si. The summed E-state index contributed by atoms with van der Waals surface area (Å²) in [7, 11) is 3.01. The topological polar surface area (TPSA) is 59.0 Å². The second kappa shape index (κ2) is 9.05. The van der Waals surface area contributed by atoms with Gasteiger partial charge in [-0.25, -0.2) is 9.18 Å². The van der Waals surface area contributed by atoms with E-state index in [2.05, 4.69) is 31.3 Å². The van der Waals surface area contributed by atoms with Crippen LogP contribution in [0, 0.1) is 0 Å². The van der Waals surface area contributed by atoms with Gasteiger partial charge in [0.05, 0.1) is 16.8 Å². The van der Waals surface area contributed by atoms with Gasteiger partial charge in [-0.1, -0.05) is 49.5 Å². The van der Waals surface area contributed by atoms with Crippen molar-refractivity contribution in [2.45, 2.75) is 64.3 Å². The molecule has 39 heavy (non-hydrogen) atoms. The van der Waals surface area contributed by atoms with E-state index in [0.29, 0.717) is 16.6 Å². The Hall–Kier alpha value is -2.94. The van der Waals surface area contributed by atoms with Crippen LogP contribution in [0.1, 0.15) is 60.3 Å². The Morgan fingerprint density at radius 3 is 2.33 bits per heavy atom. The first-order chi connectivity index (χ1) is 18.2. The first-order valence-corrected chi connectivity index (χ1v) is 16.3. The zero-order valence-corrected chi connectivity index (χ0v) is 25.0. The monoisotopic (exact) mass is 544 g/mol. The minimum Gasteiger partial charge on any atom is -0.441 e. The van der Waals surface area contributed by atoms with E-state index in [1.54, 1.807) is 41.2 Å². The Bertz CT molecular complexity index is 1480. The number of ether oxygens (including phenoxy) is 1. The van der Waals surface area contributed by atoms with Gasteiger partial charge in [0, 0.05) is 36.5 Å². The van der Waals surface area contributed by atoms with E-state index < -0.39 is 31.6 Å². The first kappa shape index (κ1) is 27.6. The highest BCUT2D eigenvalue weighted by Gasteiger charge is 2.56. The predicted molar refractivity (Wildman–Crippen MR) is 157 cm³/mol. The maximum absolute atomic E-state index is 15.2. The van der Waals surface area contributed by atoms with Gasteiger partial charge in [0.25, 0.3) is 0 Å². The molecule has 1 unspecified atom stereocenters. The van der Waals surface area contributed by atoms with Crippen molar-refractivity contribution >= 4 is 43.0 Å². The number of hydrogen-bond acceptors (Lipinski definition) is 5. The molecule has 1 N–H and O–H groups in total. The summed E-state index contributed by atoms with van der Waals surface area (Å²) in [6.45, 7) is 10.7. The summed E-state index contributed by atoms with van der Waals surface area (Å²) in [6, 6.07) is 17.6. The number of nitrogens with zero attached hydrogens (tertiary/aromatic N) is 1. The van der Waals surface area contributed by atoms with Gasteiger partial charge in [-0.05, 0) is 67.3 Å². The molecule has 8 heteroatoms. The van der Waals surface area contributed by atoms with Crippen LogP contribution >= 0.6 is 0 Å². The Morgan fingerprint density at radius 2 is 1.69 bits per heavy atom. The van der Waals surface area contributed by atoms with E-state index in [-0.39, 0.29) is 5.97 Å². The van der Waals surface area contributed by atoms with Gasteiger partial charge in [0.2, 0.25) is 0 Å². The van der Waals surface area contributed by atoms with Gasteiger partial charge in [0.15, 0.2) is 5.60 Å². The molecule has 0 aromatic heterocycles. The summed E-state index contributed by atoms with van der Waals surface area (Å²) < 4.78 is 27.6. The van der Waals surface area contributed by atoms with Crippen LogP contribution in [0.2, 0.25) is 13.1 Å². The standard InChI is InChI=1S/C31H36BFNO4Si/c1-29(2,36)30(3,4)38-32-25-16-15-24-27(21(25)18-33)39(7,8)26-17-19(34(5)6)13-14-23(26)31(24)22-12-10-9-11-20(22)28(35)37-31/h9-17,36H,18H2,1-8H3. The molecule has 0 aliphatic carbocycles. The molecule has 1 spiro atoms. The molecule has 3 aromatic rings. The number of alkyl halides is 1. The van der Waals surface area contributed by atoms with E-state index in [1.807, 2.05) is 49.3 Å². The minimum atomic E-state index is -2.54. The number of carbonyl (C=O) groups is 1. The molecule has 5 rings (SSSR count). The van der Waals surface area contributed by atoms with Crippen LogP contribution in [0.25, 0.3) is 0 Å². The number of anilines is 1. The first-order valence-electron chi connectivity index (χ1n) is 13.3. The van der Waals surface area contributed by atoms with Crippen LogP contribution in [-0.4, -0.2) is 51.9 Å². The molecule has 0 amide bonds. The number of aliphatic hydroxyl groups is 1. The van der Waals surface area contributed by atoms with Gasteiger partial charge in [-0.15, -0.1) is 0 Å². The maximum atomic E-state index is 15.2. The highest BCUT2D eigenvalue weighted by Crippen LogP contribution is 2.49. The van der Waals surface area contributed by atoms with Crippen molar-refractivity contribution < 1.29 is 23.7 Å². The lowest BCUT2D eigenvalue weighted by molar-refractivity contribution is -0.0893. The number of rotatable bonds is 6. The minimum absolute atomic E-state index is 0.381. The molecule has 5 nitrogen and oxygen atoms in total. The van der Waals surface area contributed by atoms with Crippen LogP contribution in [0.5, 0.6) is 0 Å². The predicted octanol–water partition coefficient (Wildman–Crippen LogP) is 3.63. The van der Waals surface area contributed by atoms with Gasteiger partial charge < -0.3 is 19.4 Å². The van der Waals surface area contributed by atoms with Crippen molar-refractivity contribution in [1.82, 2.24) is 0 Å². The van der Waals surface area contributed by atoms with Crippen molar-refractivity contribution in [1.29, 1.82) is 0 Å². The van der Waals surface area contributed by atoms with Gasteiger partial charge in [-0.3, -0.25) is 0 Å². The van der Waals surface area contributed by atoms with Crippen LogP contribution in [0.3, 0.4) is 0 Å². The van der Waals surface area contributed by atoms with Crippen molar-refractivity contribution in [2.24, 2.45) is 0 Å². The molecule has 2 aliphatic heterocycles. The molecular weight excluding hydrogens is 508 g/mol. The smallest absolute Gasteiger partial charge is 0.340 e. The summed E-state index contributed by atoms with van der Waals surface area (Å²) in [5, 5.41) is 12.6. The fraction of sp³-hybridized carbons (Fsp3) is 0.387. The second-order valence-corrected chi connectivity index (χ2v) is 16.6. The van der Waals surface area contributed by atoms with Gasteiger partial charge in [-0.2, -0.15) is 0 Å². The maximum Gasteiger partial charge on any atom is 0.340 e. The van der Waals surface area contributed by atoms with Crippen LogP contribution in [-0.2, 0) is 21.7 Å². The van der Waals surface area contributed by atoms with Crippen LogP contribution in [0.4, 0.5) is 10.1 Å². The fourth-order valence-corrected chi connectivity index (χ4v) is 9.42. The highest BCUT2D eigenvalue weighted by atomic mass is 28.3. The Kier molecular flexibility index (Phi) is 6.41. The van der Waals surface area contributed by atoms with Crippen molar-refractivity contribution in [3.63, 3.8) is 0 Å². The molecule has 203 valence electrons. The summed E-state index contributed by atoms with van der Waals surface area (Å²) in [6.07, 6.45) is 0. The van der Waals surface area contributed by atoms with Crippen molar-refractivity contribution in [3.8, 4) is 0 Å². The third kappa shape index (κ3) is 3.99. The molecule has 2 heterocycles. The van der Waals surface area contributed by atoms with Crippen molar-refractivity contribution in [2.75, 3.05) is 19.0 Å². The molecule has 2 aliphatic rings. The average Bonchev–Trinajstić information content (AvgIpc) is 3.18. The molecule has 0 fully saturated rings. The van der Waals surface area contributed by atoms with Gasteiger partial charge >= 0.3 is 13.5 Å². The van der Waals surface area contributed by atoms with Gasteiger partial charge in [0.1, 0.15) is 14.7 Å². The lowest BCUT2D eigenvalue weighted by atomic mass is 9.75. The third-order valence-electron chi connectivity index (χ3n) is 8.79. The molecule has 1 radical (unpaired) electrons. The number of benzene rings is 3. The second-order valence-electron chi connectivity index (χ2n) is 12.4. The number of hydrogen-bond donors (Lipinski definition) is 1. The summed E-state index contributed by atoms with van der Waals surface area (Å²) in [5.74, 6) is -0.381. The number of fused-ring (bicyclic) bond motifs is 6. The molecule has 1 atom stereocenters. The normalized spacial score (nSPS) is 19.3. The van der Waals surface area contributed by atoms with Crippen LogP contribution < -0.4 is 20.7 Å². The lowest BCUT2D eigenvalue weighted by Gasteiger charge is -2.45. The van der Waals surface area contributed by atoms with E-state index in [4.69, 9.17) is 9.39 Å². The van der Waals surface area contributed by atoms with E-state index in [0.717, 1.165) is 32.8 Å². The Morgan fingerprint density at radius 1 is 1.03 bits per heavy atom. The number of carbonyl (C=O) groups excluding carboxylic acids is 1. The summed E-state index contributed by atoms with van der Waals surface area (Å²) >= 11 is 0. The van der Waals surface area contributed by atoms with E-state index >= 15 is 4.39 Å². The quantitative estimate of drug-likeness (QED) is 0.380. The fourth-order valence-electron chi connectivity index (χ4n) is 5.81. The number of halogens is 1. The SMILES string of the molecule is CN(C)c1ccc2c(c1)[Si](C)(C)c1c(ccc([B]OC(C)(C)C(C)(C)O)c1CF)C21OC(=O)c2ccccc21. The van der Waals surface area contributed by atoms with E-state index in [1.165, 1.54) is 0 Å². The summed E-state index contributed by atoms with van der Waals surface area (Å²) in [5.41, 5.74) is 2.07. The lowest BCUT2D eigenvalue weighted by Crippen LogP contribution is -2.65. The zero-order valence-electron chi connectivity index (χ0n) is 24.0. The number of esters is 1. The Balaban J connectivity index is 1.80. The average molecular weight is 545 g/mol. The highest BCUT2D eigenvalue weighted by molar-refractivity contribution is 7.02. The van der Waals surface area contributed by atoms with Crippen molar-refractivity contribution in [3.05, 3.63) is 82.4 Å². The molecule has 0 bridgehead atoms. The molecule has 3 aromatic carbocycles. The molecule has 0 saturated heterocycles. The largest absolute Gasteiger partial charge is 0.441 e. The molecule has 0 saturated carbocycles. The Labute approximate surface area is 232 Å². The third-order valence-corrected chi connectivity index (χ3v) is 12.4.